The summed E-state index contributed by atoms with van der Waals surface area (Å²) in [6, 6.07) is 32.2. The number of rotatable bonds is 4. The van der Waals surface area contributed by atoms with Crippen molar-refractivity contribution in [1.82, 2.24) is 4.90 Å². The van der Waals surface area contributed by atoms with Crippen molar-refractivity contribution < 1.29 is 0 Å². The summed E-state index contributed by atoms with van der Waals surface area (Å²) in [6.45, 7) is 2.20. The minimum absolute atomic E-state index is 0.685. The van der Waals surface area contributed by atoms with E-state index in [1.54, 1.807) is 0 Å². The normalized spacial score (nSPS) is 15.1. The molecule has 0 saturated carbocycles. The van der Waals surface area contributed by atoms with E-state index in [-0.39, 0.29) is 0 Å². The van der Waals surface area contributed by atoms with Crippen LogP contribution in [-0.4, -0.2) is 23.6 Å². The number of aliphatic imine (C=N–C) groups is 1. The first-order valence-corrected chi connectivity index (χ1v) is 11.0. The van der Waals surface area contributed by atoms with E-state index >= 15 is 0 Å². The van der Waals surface area contributed by atoms with Gasteiger partial charge in [0.25, 0.3) is 0 Å². The molecule has 27 heavy (non-hydrogen) atoms. The van der Waals surface area contributed by atoms with E-state index in [2.05, 4.69) is 95.9 Å². The Morgan fingerprint density at radius 1 is 0.630 bits per heavy atom. The average Bonchev–Trinajstić information content (AvgIpc) is 2.76. The number of benzene rings is 3. The van der Waals surface area contributed by atoms with Crippen molar-refractivity contribution in [3.05, 3.63) is 91.0 Å². The van der Waals surface area contributed by atoms with Crippen molar-refractivity contribution in [2.75, 3.05) is 13.1 Å². The second-order valence-electron chi connectivity index (χ2n) is 6.80. The Balaban J connectivity index is 1.84. The van der Waals surface area contributed by atoms with Crippen molar-refractivity contribution in [3.63, 3.8) is 0 Å². The molecule has 0 spiro atoms. The van der Waals surface area contributed by atoms with Crippen LogP contribution < -0.4 is 10.6 Å². The average molecular weight is 372 g/mol. The topological polar surface area (TPSA) is 15.6 Å². The van der Waals surface area contributed by atoms with Crippen LogP contribution in [0.15, 0.2) is 96.0 Å². The summed E-state index contributed by atoms with van der Waals surface area (Å²) in [6.07, 6.45) is 3.82. The van der Waals surface area contributed by atoms with Crippen molar-refractivity contribution >= 4 is 29.8 Å². The summed E-state index contributed by atoms with van der Waals surface area (Å²) in [5, 5.41) is 2.72. The zero-order valence-corrected chi connectivity index (χ0v) is 16.4. The fourth-order valence-corrected chi connectivity index (χ4v) is 5.91. The molecule has 1 heterocycles. The van der Waals surface area contributed by atoms with Crippen LogP contribution in [-0.2, 0) is 0 Å². The molecule has 3 heteroatoms. The molecule has 1 saturated heterocycles. The van der Waals surface area contributed by atoms with Crippen LogP contribution in [0.5, 0.6) is 0 Å². The molecule has 1 fully saturated rings. The van der Waals surface area contributed by atoms with E-state index in [1.165, 1.54) is 35.4 Å². The molecule has 0 amide bonds. The minimum atomic E-state index is -0.685. The van der Waals surface area contributed by atoms with Crippen LogP contribution in [0, 0.1) is 0 Å². The quantitative estimate of drug-likeness (QED) is 0.345. The van der Waals surface area contributed by atoms with E-state index in [1.807, 2.05) is 0 Å². The molecule has 0 unspecified atom stereocenters. The van der Waals surface area contributed by atoms with Crippen LogP contribution in [0.25, 0.3) is 0 Å². The fraction of sp³-hybridized carbons (Fsp3) is 0.208. The lowest BCUT2D eigenvalue weighted by Gasteiger charge is -2.34. The molecular formula is C24H25N2P. The van der Waals surface area contributed by atoms with Crippen LogP contribution >= 0.6 is 7.92 Å². The van der Waals surface area contributed by atoms with Gasteiger partial charge >= 0.3 is 0 Å². The van der Waals surface area contributed by atoms with Gasteiger partial charge in [-0.2, -0.15) is 0 Å². The van der Waals surface area contributed by atoms with Crippen LogP contribution in [0.3, 0.4) is 0 Å². The number of hydrogen-bond donors (Lipinski definition) is 0. The van der Waals surface area contributed by atoms with E-state index in [9.17, 15) is 0 Å². The summed E-state index contributed by atoms with van der Waals surface area (Å²) in [4.78, 5) is 7.74. The summed E-state index contributed by atoms with van der Waals surface area (Å²) < 4.78 is 0. The van der Waals surface area contributed by atoms with Gasteiger partial charge in [0.05, 0.1) is 5.69 Å². The number of para-hydroxylation sites is 1. The molecule has 0 aliphatic carbocycles. The molecule has 0 N–H and O–H groups in total. The Morgan fingerprint density at radius 2 is 1.11 bits per heavy atom. The Morgan fingerprint density at radius 3 is 1.63 bits per heavy atom. The zero-order chi connectivity index (χ0) is 18.3. The number of piperidine rings is 1. The highest BCUT2D eigenvalue weighted by atomic mass is 31.1. The molecule has 1 aliphatic heterocycles. The summed E-state index contributed by atoms with van der Waals surface area (Å²) in [5.74, 6) is 0. The van der Waals surface area contributed by atoms with Crippen molar-refractivity contribution in [2.45, 2.75) is 19.3 Å². The Bertz CT molecular complexity index is 817. The number of hydrogen-bond acceptors (Lipinski definition) is 1. The first kappa shape index (κ1) is 17.9. The van der Waals surface area contributed by atoms with Crippen LogP contribution in [0.1, 0.15) is 19.3 Å². The van der Waals surface area contributed by atoms with Crippen molar-refractivity contribution in [1.29, 1.82) is 0 Å². The smallest absolute Gasteiger partial charge is 0.137 e. The molecule has 0 bridgehead atoms. The van der Waals surface area contributed by atoms with Gasteiger partial charge in [-0.1, -0.05) is 78.9 Å². The maximum absolute atomic E-state index is 5.21. The Hall–Kier alpha value is -2.44. The highest BCUT2D eigenvalue weighted by Crippen LogP contribution is 2.39. The lowest BCUT2D eigenvalue weighted by atomic mass is 10.1. The van der Waals surface area contributed by atoms with Crippen LogP contribution in [0.2, 0.25) is 0 Å². The Labute approximate surface area is 163 Å². The largest absolute Gasteiger partial charge is 0.356 e. The molecule has 0 radical (unpaired) electrons. The van der Waals surface area contributed by atoms with Gasteiger partial charge in [0.2, 0.25) is 0 Å². The molecule has 3 aromatic rings. The second kappa shape index (κ2) is 8.97. The van der Waals surface area contributed by atoms with Crippen molar-refractivity contribution in [3.8, 4) is 0 Å². The lowest BCUT2D eigenvalue weighted by Crippen LogP contribution is -2.38. The van der Waals surface area contributed by atoms with Crippen molar-refractivity contribution in [2.24, 2.45) is 4.99 Å². The predicted octanol–water partition coefficient (Wildman–Crippen LogP) is 5.29. The van der Waals surface area contributed by atoms with Gasteiger partial charge in [0.1, 0.15) is 5.58 Å². The first-order chi connectivity index (χ1) is 13.4. The first-order valence-electron chi connectivity index (χ1n) is 9.71. The SMILES string of the molecule is c1ccc(N=C(N2CCCCC2)P(c2ccccc2)c2ccccc2)cc1. The highest BCUT2D eigenvalue weighted by Gasteiger charge is 2.26. The standard InChI is InChI=1S/C24H25N2P/c1-5-13-21(14-6-1)25-24(26-19-11-4-12-20-26)27(22-15-7-2-8-16-22)23-17-9-3-10-18-23/h1-3,5-10,13-18H,4,11-12,19-20H2. The van der Waals surface area contributed by atoms with E-state index in [0.717, 1.165) is 18.8 Å². The third-order valence-electron chi connectivity index (χ3n) is 4.85. The second-order valence-corrected chi connectivity index (χ2v) is 8.91. The maximum atomic E-state index is 5.21. The monoisotopic (exact) mass is 372 g/mol. The van der Waals surface area contributed by atoms with E-state index < -0.39 is 7.92 Å². The predicted molar refractivity (Wildman–Crippen MR) is 118 cm³/mol. The van der Waals surface area contributed by atoms with Crippen LogP contribution in [0.4, 0.5) is 5.69 Å². The van der Waals surface area contributed by atoms with Gasteiger partial charge in [-0.25, -0.2) is 4.99 Å². The molecule has 136 valence electrons. The molecule has 3 aromatic carbocycles. The van der Waals surface area contributed by atoms with Gasteiger partial charge in [0, 0.05) is 21.0 Å². The zero-order valence-electron chi connectivity index (χ0n) is 15.5. The van der Waals surface area contributed by atoms with E-state index in [4.69, 9.17) is 4.99 Å². The summed E-state index contributed by atoms with van der Waals surface area (Å²) in [7, 11) is -0.685. The number of likely N-dealkylation sites (tertiary alicyclic amines) is 1. The van der Waals surface area contributed by atoms with Gasteiger partial charge in [-0.05, 0) is 42.0 Å². The minimum Gasteiger partial charge on any atom is -0.356 e. The van der Waals surface area contributed by atoms with Gasteiger partial charge in [-0.3, -0.25) is 0 Å². The van der Waals surface area contributed by atoms with Gasteiger partial charge in [0.15, 0.2) is 0 Å². The summed E-state index contributed by atoms with van der Waals surface area (Å²) in [5.41, 5.74) is 2.27. The third kappa shape index (κ3) is 4.46. The van der Waals surface area contributed by atoms with Gasteiger partial charge in [-0.15, -0.1) is 0 Å². The molecule has 2 nitrogen and oxygen atoms in total. The molecule has 4 rings (SSSR count). The molecular weight excluding hydrogens is 347 g/mol. The molecule has 0 atom stereocenters. The third-order valence-corrected chi connectivity index (χ3v) is 7.26. The highest BCUT2D eigenvalue weighted by molar-refractivity contribution is 7.87. The van der Waals surface area contributed by atoms with E-state index in [0.29, 0.717) is 0 Å². The lowest BCUT2D eigenvalue weighted by molar-refractivity contribution is 0.347. The number of amidine groups is 1. The molecule has 1 aliphatic rings. The Kier molecular flexibility index (Phi) is 5.96. The number of nitrogens with zero attached hydrogens (tertiary/aromatic N) is 2. The molecule has 0 aromatic heterocycles. The summed E-state index contributed by atoms with van der Waals surface area (Å²) >= 11 is 0. The maximum Gasteiger partial charge on any atom is 0.137 e. The van der Waals surface area contributed by atoms with Gasteiger partial charge < -0.3 is 4.90 Å². The fourth-order valence-electron chi connectivity index (χ4n) is 3.51.